The number of rotatable bonds is 1. The molecule has 1 fully saturated rings. The number of hydrogen-bond donors (Lipinski definition) is 1. The summed E-state index contributed by atoms with van der Waals surface area (Å²) in [6.45, 7) is 3.65. The van der Waals surface area contributed by atoms with Gasteiger partial charge in [0.2, 0.25) is 0 Å². The minimum atomic E-state index is 0.0260. The lowest BCUT2D eigenvalue weighted by molar-refractivity contribution is -0.00834. The average Bonchev–Trinajstić information content (AvgIpc) is 2.30. The van der Waals surface area contributed by atoms with E-state index in [1.807, 2.05) is 0 Å². The van der Waals surface area contributed by atoms with E-state index in [1.54, 1.807) is 11.3 Å². The second-order valence-corrected chi connectivity index (χ2v) is 4.73. The first-order valence-corrected chi connectivity index (χ1v) is 4.90. The van der Waals surface area contributed by atoms with E-state index in [0.717, 1.165) is 13.2 Å². The van der Waals surface area contributed by atoms with Crippen molar-refractivity contribution in [1.82, 2.24) is 0 Å². The molecule has 0 atom stereocenters. The monoisotopic (exact) mass is 186 g/mol. The molecule has 0 unspecified atom stereocenters. The molecular formula is C8H10OS2. The van der Waals surface area contributed by atoms with Crippen LogP contribution in [0.15, 0.2) is 11.4 Å². The smallest absolute Gasteiger partial charge is 0.0939 e. The summed E-state index contributed by atoms with van der Waals surface area (Å²) in [5.41, 5.74) is 1.34. The first-order chi connectivity index (χ1) is 5.22. The summed E-state index contributed by atoms with van der Waals surface area (Å²) in [5.74, 6) is 0. The quantitative estimate of drug-likeness (QED) is 0.662. The lowest BCUT2D eigenvalue weighted by Crippen LogP contribution is -2.41. The number of thiophene rings is 1. The largest absolute Gasteiger partial charge is 0.378 e. The predicted molar refractivity (Wildman–Crippen MR) is 50.5 cm³/mol. The molecule has 1 aliphatic rings. The van der Waals surface area contributed by atoms with Gasteiger partial charge in [-0.1, -0.05) is 0 Å². The van der Waals surface area contributed by atoms with Gasteiger partial charge in [0, 0.05) is 4.88 Å². The maximum absolute atomic E-state index is 5.15. The second kappa shape index (κ2) is 2.51. The third kappa shape index (κ3) is 1.11. The van der Waals surface area contributed by atoms with Crippen molar-refractivity contribution < 1.29 is 4.74 Å². The van der Waals surface area contributed by atoms with Crippen LogP contribution in [0, 0.1) is 6.92 Å². The van der Waals surface area contributed by atoms with Crippen LogP contribution in [-0.4, -0.2) is 13.2 Å². The summed E-state index contributed by atoms with van der Waals surface area (Å²) in [6.07, 6.45) is 0. The van der Waals surface area contributed by atoms with Crippen LogP contribution in [0.25, 0.3) is 0 Å². The Labute approximate surface area is 75.8 Å². The van der Waals surface area contributed by atoms with Crippen molar-refractivity contribution in [3.8, 4) is 0 Å². The highest BCUT2D eigenvalue weighted by Crippen LogP contribution is 2.40. The lowest BCUT2D eigenvalue weighted by atomic mass is 10.0. The van der Waals surface area contributed by atoms with Crippen LogP contribution in [-0.2, 0) is 9.48 Å². The molecule has 3 heteroatoms. The number of thiol groups is 1. The lowest BCUT2D eigenvalue weighted by Gasteiger charge is -2.36. The van der Waals surface area contributed by atoms with Crippen LogP contribution in [0.3, 0.4) is 0 Å². The Morgan fingerprint density at radius 3 is 2.73 bits per heavy atom. The van der Waals surface area contributed by atoms with E-state index in [2.05, 4.69) is 31.0 Å². The molecule has 0 radical (unpaired) electrons. The fraction of sp³-hybridized carbons (Fsp3) is 0.500. The molecule has 1 saturated heterocycles. The zero-order chi connectivity index (χ0) is 7.90. The minimum Gasteiger partial charge on any atom is -0.378 e. The fourth-order valence-electron chi connectivity index (χ4n) is 1.28. The van der Waals surface area contributed by atoms with Gasteiger partial charge in [0.1, 0.15) is 0 Å². The Kier molecular flexibility index (Phi) is 1.74. The molecule has 60 valence electrons. The summed E-state index contributed by atoms with van der Waals surface area (Å²) in [6, 6.07) is 2.14. The van der Waals surface area contributed by atoms with Gasteiger partial charge in [-0.25, -0.2) is 0 Å². The van der Waals surface area contributed by atoms with Crippen molar-refractivity contribution in [2.45, 2.75) is 11.7 Å². The van der Waals surface area contributed by atoms with E-state index in [-0.39, 0.29) is 4.75 Å². The highest BCUT2D eigenvalue weighted by atomic mass is 32.1. The Hall–Kier alpha value is 0.01000. The fourth-order valence-corrected chi connectivity index (χ4v) is 2.79. The van der Waals surface area contributed by atoms with Crippen LogP contribution in [0.5, 0.6) is 0 Å². The molecule has 0 aromatic carbocycles. The Bertz CT molecular complexity index is 263. The second-order valence-electron chi connectivity index (χ2n) is 2.96. The van der Waals surface area contributed by atoms with Gasteiger partial charge in [-0.05, 0) is 23.9 Å². The van der Waals surface area contributed by atoms with E-state index in [1.165, 1.54) is 10.4 Å². The highest BCUT2D eigenvalue weighted by Gasteiger charge is 2.38. The zero-order valence-electron chi connectivity index (χ0n) is 6.33. The van der Waals surface area contributed by atoms with Gasteiger partial charge in [-0.3, -0.25) is 0 Å². The molecule has 2 heterocycles. The number of hydrogen-bond acceptors (Lipinski definition) is 3. The average molecular weight is 186 g/mol. The van der Waals surface area contributed by atoms with Crippen molar-refractivity contribution in [3.63, 3.8) is 0 Å². The summed E-state index contributed by atoms with van der Waals surface area (Å²) in [5, 5.41) is 2.11. The van der Waals surface area contributed by atoms with E-state index in [4.69, 9.17) is 4.74 Å². The Morgan fingerprint density at radius 1 is 1.64 bits per heavy atom. The maximum Gasteiger partial charge on any atom is 0.0939 e. The third-order valence-electron chi connectivity index (χ3n) is 1.97. The number of aryl methyl sites for hydroxylation is 1. The SMILES string of the molecule is Cc1ccsc1C1(S)COC1. The van der Waals surface area contributed by atoms with Crippen LogP contribution in [0.1, 0.15) is 10.4 Å². The van der Waals surface area contributed by atoms with Gasteiger partial charge in [0.25, 0.3) is 0 Å². The van der Waals surface area contributed by atoms with Gasteiger partial charge in [-0.2, -0.15) is 12.6 Å². The summed E-state index contributed by atoms with van der Waals surface area (Å²) >= 11 is 6.36. The van der Waals surface area contributed by atoms with E-state index < -0.39 is 0 Å². The molecule has 11 heavy (non-hydrogen) atoms. The standard InChI is InChI=1S/C8H10OS2/c1-6-2-3-11-7(6)8(10)4-9-5-8/h2-3,10H,4-5H2,1H3. The molecule has 0 N–H and O–H groups in total. The molecule has 0 aliphatic carbocycles. The van der Waals surface area contributed by atoms with Gasteiger partial charge in [0.15, 0.2) is 0 Å². The van der Waals surface area contributed by atoms with Crippen molar-refractivity contribution in [3.05, 3.63) is 21.9 Å². The highest BCUT2D eigenvalue weighted by molar-refractivity contribution is 7.81. The normalized spacial score (nSPS) is 21.3. The van der Waals surface area contributed by atoms with Gasteiger partial charge in [0.05, 0.1) is 18.0 Å². The van der Waals surface area contributed by atoms with Crippen LogP contribution in [0.2, 0.25) is 0 Å². The van der Waals surface area contributed by atoms with Crippen molar-refractivity contribution in [1.29, 1.82) is 0 Å². The maximum atomic E-state index is 5.15. The Balaban J connectivity index is 2.35. The molecule has 0 spiro atoms. The summed E-state index contributed by atoms with van der Waals surface area (Å²) in [4.78, 5) is 1.37. The minimum absolute atomic E-state index is 0.0260. The van der Waals surface area contributed by atoms with E-state index in [0.29, 0.717) is 0 Å². The van der Waals surface area contributed by atoms with Gasteiger partial charge >= 0.3 is 0 Å². The van der Waals surface area contributed by atoms with E-state index >= 15 is 0 Å². The predicted octanol–water partition coefficient (Wildman–Crippen LogP) is 2.21. The molecule has 1 aromatic rings. The molecule has 2 rings (SSSR count). The third-order valence-corrected chi connectivity index (χ3v) is 3.82. The molecule has 0 bridgehead atoms. The zero-order valence-corrected chi connectivity index (χ0v) is 8.04. The topological polar surface area (TPSA) is 9.23 Å². The van der Waals surface area contributed by atoms with Gasteiger partial charge < -0.3 is 4.74 Å². The summed E-state index contributed by atoms with van der Waals surface area (Å²) in [7, 11) is 0. The van der Waals surface area contributed by atoms with E-state index in [9.17, 15) is 0 Å². The summed E-state index contributed by atoms with van der Waals surface area (Å²) < 4.78 is 5.17. The van der Waals surface area contributed by atoms with Crippen LogP contribution >= 0.6 is 24.0 Å². The van der Waals surface area contributed by atoms with Gasteiger partial charge in [-0.15, -0.1) is 11.3 Å². The Morgan fingerprint density at radius 2 is 2.36 bits per heavy atom. The van der Waals surface area contributed by atoms with Crippen LogP contribution in [0.4, 0.5) is 0 Å². The molecule has 0 saturated carbocycles. The molecule has 1 aliphatic heterocycles. The van der Waals surface area contributed by atoms with Crippen molar-refractivity contribution in [2.24, 2.45) is 0 Å². The van der Waals surface area contributed by atoms with Crippen molar-refractivity contribution >= 4 is 24.0 Å². The molecular weight excluding hydrogens is 176 g/mol. The molecule has 1 nitrogen and oxygen atoms in total. The first-order valence-electron chi connectivity index (χ1n) is 3.57. The molecule has 0 amide bonds. The van der Waals surface area contributed by atoms with Crippen molar-refractivity contribution in [2.75, 3.05) is 13.2 Å². The molecule has 1 aromatic heterocycles. The van der Waals surface area contributed by atoms with Crippen LogP contribution < -0.4 is 0 Å². The first kappa shape index (κ1) is 7.65. The number of ether oxygens (including phenoxy) is 1.